The van der Waals surface area contributed by atoms with E-state index in [0.29, 0.717) is 48.0 Å². The second-order valence-electron chi connectivity index (χ2n) is 23.0. The maximum Gasteiger partial charge on any atom is 0.251 e. The van der Waals surface area contributed by atoms with Crippen LogP contribution in [0.2, 0.25) is 0 Å². The smallest absolute Gasteiger partial charge is 0.251 e. The number of ether oxygens (including phenoxy) is 2. The number of benzene rings is 5. The Hall–Kier alpha value is -5.16. The molecule has 402 valence electrons. The zero-order valence-corrected chi connectivity index (χ0v) is 47.2. The van der Waals surface area contributed by atoms with E-state index < -0.39 is 0 Å². The molecular formula is C70H93NO4. The van der Waals surface area contributed by atoms with E-state index in [9.17, 15) is 9.59 Å². The molecule has 8 rings (SSSR count). The van der Waals surface area contributed by atoms with Gasteiger partial charge in [-0.05, 0) is 176 Å². The Morgan fingerprint density at radius 3 is 1.77 bits per heavy atom. The Kier molecular flexibility index (Phi) is 21.1. The molecule has 0 aromatic heterocycles. The van der Waals surface area contributed by atoms with Crippen LogP contribution in [-0.2, 0) is 24.1 Å². The Bertz CT molecular complexity index is 2610. The molecule has 0 saturated heterocycles. The lowest BCUT2D eigenvalue weighted by Crippen LogP contribution is -2.30. The molecule has 0 bridgehead atoms. The molecule has 3 aliphatic rings. The van der Waals surface area contributed by atoms with Crippen molar-refractivity contribution in [3.63, 3.8) is 0 Å². The number of carbonyl (C=O) groups excluding carboxylic acids is 2. The first-order chi connectivity index (χ1) is 36.8. The molecule has 2 aliphatic carbocycles. The molecule has 1 aliphatic heterocycles. The summed E-state index contributed by atoms with van der Waals surface area (Å²) in [4.78, 5) is 27.8. The first-order valence-corrected chi connectivity index (χ1v) is 30.4. The van der Waals surface area contributed by atoms with Gasteiger partial charge < -0.3 is 14.8 Å². The van der Waals surface area contributed by atoms with E-state index in [1.54, 1.807) is 12.7 Å². The van der Waals surface area contributed by atoms with Crippen LogP contribution < -0.4 is 14.8 Å². The van der Waals surface area contributed by atoms with Crippen LogP contribution in [0.25, 0.3) is 0 Å². The van der Waals surface area contributed by atoms with E-state index in [2.05, 4.69) is 119 Å². The number of unbranched alkanes of at least 4 members (excludes halogenated alkanes) is 11. The van der Waals surface area contributed by atoms with E-state index in [4.69, 9.17) is 9.47 Å². The largest absolute Gasteiger partial charge is 0.496 e. The monoisotopic (exact) mass is 1010 g/mol. The van der Waals surface area contributed by atoms with Crippen LogP contribution in [0.15, 0.2) is 97.1 Å². The SMILES string of the molecule is CCCCCCCCCCCCCNC(=O)c1ccc(OC)c(C2c3ccc(C4CCC4)cc3Oc3cc(C4CC(C(=O)Cc5ccc(C(CC)CC)c(CCCCc6ccccc6C(CC)CC)c5)C4)ccc32)c1. The number of aryl methyl sites for hydroxylation is 2. The second kappa shape index (κ2) is 28.3. The Morgan fingerprint density at radius 1 is 0.587 bits per heavy atom. The number of rotatable bonds is 31. The van der Waals surface area contributed by atoms with Gasteiger partial charge in [-0.2, -0.15) is 0 Å². The molecule has 1 unspecified atom stereocenters. The molecule has 2 fully saturated rings. The first-order valence-electron chi connectivity index (χ1n) is 30.4. The maximum absolute atomic E-state index is 14.1. The van der Waals surface area contributed by atoms with E-state index in [1.807, 2.05) is 18.2 Å². The van der Waals surface area contributed by atoms with Crippen molar-refractivity contribution in [2.75, 3.05) is 13.7 Å². The third-order valence-corrected chi connectivity index (χ3v) is 18.1. The van der Waals surface area contributed by atoms with Gasteiger partial charge in [0, 0.05) is 47.1 Å². The van der Waals surface area contributed by atoms with Gasteiger partial charge in [-0.3, -0.25) is 9.59 Å². The Morgan fingerprint density at radius 2 is 1.17 bits per heavy atom. The number of fused-ring (bicyclic) bond motifs is 2. The number of hydrogen-bond acceptors (Lipinski definition) is 4. The molecule has 2 saturated carbocycles. The molecule has 1 atom stereocenters. The molecule has 75 heavy (non-hydrogen) atoms. The van der Waals surface area contributed by atoms with Gasteiger partial charge in [0.1, 0.15) is 23.0 Å². The lowest BCUT2D eigenvalue weighted by atomic mass is 9.68. The second-order valence-corrected chi connectivity index (χ2v) is 23.0. The number of amides is 1. The molecule has 1 amide bonds. The minimum atomic E-state index is -0.171. The summed E-state index contributed by atoms with van der Waals surface area (Å²) < 4.78 is 13.0. The van der Waals surface area contributed by atoms with Crippen molar-refractivity contribution >= 4 is 11.7 Å². The summed E-state index contributed by atoms with van der Waals surface area (Å²) in [6.45, 7) is 12.2. The fourth-order valence-corrected chi connectivity index (χ4v) is 13.0. The standard InChI is InChI=1S/C70H93NO4/c1-7-12-13-14-15-16-17-18-19-20-25-41-71-70(73)57-36-40-66(74-6)64(46-57)69-62-38-34-54(52-30-26-31-52)47-67(62)75-68-48-55(35-39-63(68)69)58-44-59(45-58)65(72)43-49-33-37-61(51(10-4)11-5)56(42-49)29-22-21-27-53-28-23-24-32-60(53)50(8-2)9-3/h23-24,28,32-40,42,46-48,50-52,58-59,69H,7-22,25-27,29-31,41,43-45H2,1-6H3,(H,71,73). The highest BCUT2D eigenvalue weighted by molar-refractivity contribution is 5.94. The molecule has 0 radical (unpaired) electrons. The normalized spacial score (nSPS) is 17.0. The van der Waals surface area contributed by atoms with Crippen LogP contribution in [0.5, 0.6) is 17.2 Å². The van der Waals surface area contributed by atoms with Crippen molar-refractivity contribution in [1.82, 2.24) is 5.32 Å². The number of methoxy groups -OCH3 is 1. The number of carbonyl (C=O) groups is 2. The van der Waals surface area contributed by atoms with Crippen LogP contribution in [0.4, 0.5) is 0 Å². The number of nitrogens with one attached hydrogen (secondary N) is 1. The van der Waals surface area contributed by atoms with E-state index in [0.717, 1.165) is 91.7 Å². The van der Waals surface area contributed by atoms with Crippen LogP contribution in [0.3, 0.4) is 0 Å². The Labute approximate surface area is 453 Å². The van der Waals surface area contributed by atoms with Crippen molar-refractivity contribution < 1.29 is 19.1 Å². The first kappa shape index (κ1) is 56.1. The minimum absolute atomic E-state index is 0.0392. The van der Waals surface area contributed by atoms with Gasteiger partial charge in [-0.1, -0.05) is 172 Å². The lowest BCUT2D eigenvalue weighted by Gasteiger charge is -2.36. The zero-order valence-electron chi connectivity index (χ0n) is 47.2. The minimum Gasteiger partial charge on any atom is -0.496 e. The molecule has 0 spiro atoms. The molecule has 5 nitrogen and oxygen atoms in total. The molecule has 1 N–H and O–H groups in total. The number of ketones is 1. The van der Waals surface area contributed by atoms with Crippen molar-refractivity contribution in [2.45, 2.75) is 225 Å². The third kappa shape index (κ3) is 14.3. The fraction of sp³-hybridized carbons (Fsp3) is 0.543. The fourth-order valence-electron chi connectivity index (χ4n) is 13.0. The van der Waals surface area contributed by atoms with Crippen LogP contribution in [0, 0.1) is 5.92 Å². The highest BCUT2D eigenvalue weighted by Crippen LogP contribution is 2.53. The number of Topliss-reactive ketones (excluding diaryl/α,β-unsaturated/α-hetero) is 1. The summed E-state index contributed by atoms with van der Waals surface area (Å²) in [7, 11) is 1.73. The summed E-state index contributed by atoms with van der Waals surface area (Å²) in [5.74, 6) is 4.80. The highest BCUT2D eigenvalue weighted by Gasteiger charge is 2.38. The molecule has 1 heterocycles. The van der Waals surface area contributed by atoms with Crippen LogP contribution >= 0.6 is 0 Å². The zero-order chi connectivity index (χ0) is 52.5. The molecule has 5 heteroatoms. The molecule has 5 aromatic rings. The van der Waals surface area contributed by atoms with Gasteiger partial charge in [0.15, 0.2) is 0 Å². The lowest BCUT2D eigenvalue weighted by molar-refractivity contribution is -0.125. The van der Waals surface area contributed by atoms with Gasteiger partial charge in [-0.15, -0.1) is 0 Å². The summed E-state index contributed by atoms with van der Waals surface area (Å²) in [5.41, 5.74) is 13.5. The topological polar surface area (TPSA) is 64.6 Å². The van der Waals surface area contributed by atoms with Crippen molar-refractivity contribution in [3.05, 3.63) is 158 Å². The summed E-state index contributed by atoms with van der Waals surface area (Å²) in [5, 5.41) is 3.23. The maximum atomic E-state index is 14.1. The quantitative estimate of drug-likeness (QED) is 0.0441. The Balaban J connectivity index is 0.918. The van der Waals surface area contributed by atoms with Crippen molar-refractivity contribution in [1.29, 1.82) is 0 Å². The van der Waals surface area contributed by atoms with Crippen molar-refractivity contribution in [3.8, 4) is 17.2 Å². The predicted octanol–water partition coefficient (Wildman–Crippen LogP) is 19.0. The average Bonchev–Trinajstić information content (AvgIpc) is 3.40. The van der Waals surface area contributed by atoms with Gasteiger partial charge in [0.25, 0.3) is 5.91 Å². The van der Waals surface area contributed by atoms with E-state index in [-0.39, 0.29) is 17.7 Å². The number of hydrogen-bond donors (Lipinski definition) is 1. The summed E-state index contributed by atoms with van der Waals surface area (Å²) >= 11 is 0. The summed E-state index contributed by atoms with van der Waals surface area (Å²) in [6, 6.07) is 35.6. The van der Waals surface area contributed by atoms with E-state index >= 15 is 0 Å². The van der Waals surface area contributed by atoms with Crippen LogP contribution in [0.1, 0.15) is 271 Å². The van der Waals surface area contributed by atoms with E-state index in [1.165, 1.54) is 130 Å². The third-order valence-electron chi connectivity index (χ3n) is 18.1. The van der Waals surface area contributed by atoms with Gasteiger partial charge in [0.2, 0.25) is 0 Å². The van der Waals surface area contributed by atoms with Gasteiger partial charge in [-0.25, -0.2) is 0 Å². The van der Waals surface area contributed by atoms with Gasteiger partial charge >= 0.3 is 0 Å². The molecular weight excluding hydrogens is 919 g/mol. The van der Waals surface area contributed by atoms with Gasteiger partial charge in [0.05, 0.1) is 7.11 Å². The predicted molar refractivity (Wildman–Crippen MR) is 313 cm³/mol. The molecule has 5 aromatic carbocycles. The van der Waals surface area contributed by atoms with Crippen molar-refractivity contribution in [2.24, 2.45) is 5.92 Å². The van der Waals surface area contributed by atoms with Crippen LogP contribution in [-0.4, -0.2) is 25.3 Å². The average molecular weight is 1010 g/mol. The highest BCUT2D eigenvalue weighted by atomic mass is 16.5. The summed E-state index contributed by atoms with van der Waals surface area (Å²) in [6.07, 6.45) is 29.2.